The zero-order valence-corrected chi connectivity index (χ0v) is 10.7. The fourth-order valence-electron chi connectivity index (χ4n) is 1.74. The summed E-state index contributed by atoms with van der Waals surface area (Å²) in [7, 11) is 0. The van der Waals surface area contributed by atoms with E-state index < -0.39 is 11.7 Å². The second-order valence-electron chi connectivity index (χ2n) is 4.14. The maximum atomic E-state index is 12.7. The molecule has 0 aliphatic carbocycles. The van der Waals surface area contributed by atoms with Crippen LogP contribution >= 0.6 is 0 Å². The lowest BCUT2D eigenvalue weighted by Gasteiger charge is -2.14. The molecule has 0 bridgehead atoms. The molecule has 2 aromatic rings. The van der Waals surface area contributed by atoms with Crippen LogP contribution in [0.25, 0.3) is 0 Å². The third-order valence-corrected chi connectivity index (χ3v) is 2.66. The van der Waals surface area contributed by atoms with Gasteiger partial charge in [0.15, 0.2) is 0 Å². The van der Waals surface area contributed by atoms with E-state index in [9.17, 15) is 13.2 Å². The minimum absolute atomic E-state index is 0.144. The third-order valence-electron chi connectivity index (χ3n) is 2.66. The normalized spacial score (nSPS) is 11.2. The van der Waals surface area contributed by atoms with Crippen LogP contribution in [0.3, 0.4) is 0 Å². The van der Waals surface area contributed by atoms with Gasteiger partial charge in [-0.1, -0.05) is 30.3 Å². The summed E-state index contributed by atoms with van der Waals surface area (Å²) >= 11 is 0. The van der Waals surface area contributed by atoms with E-state index in [4.69, 9.17) is 4.74 Å². The number of para-hydroxylation sites is 2. The van der Waals surface area contributed by atoms with Crippen LogP contribution in [0, 0.1) is 0 Å². The van der Waals surface area contributed by atoms with Gasteiger partial charge in [-0.3, -0.25) is 0 Å². The zero-order chi connectivity index (χ0) is 14.4. The first-order valence-electron chi connectivity index (χ1n) is 6.15. The molecule has 1 N–H and O–H groups in total. The van der Waals surface area contributed by atoms with Crippen molar-refractivity contribution in [1.82, 2.24) is 0 Å². The van der Waals surface area contributed by atoms with E-state index in [0.717, 1.165) is 11.8 Å². The van der Waals surface area contributed by atoms with Crippen LogP contribution in [0.4, 0.5) is 18.9 Å². The highest BCUT2D eigenvalue weighted by Crippen LogP contribution is 2.35. The Hall–Kier alpha value is -2.17. The zero-order valence-electron chi connectivity index (χ0n) is 10.7. The van der Waals surface area contributed by atoms with Gasteiger partial charge >= 0.3 is 6.18 Å². The molecule has 0 aliphatic heterocycles. The predicted octanol–water partition coefficient (Wildman–Crippen LogP) is 4.20. The van der Waals surface area contributed by atoms with Crippen molar-refractivity contribution in [3.63, 3.8) is 0 Å². The average molecular weight is 281 g/mol. The molecular formula is C15H14F3NO. The molecule has 0 saturated carbocycles. The number of hydrogen-bond acceptors (Lipinski definition) is 2. The van der Waals surface area contributed by atoms with Gasteiger partial charge in [-0.05, 0) is 24.3 Å². The number of anilines is 1. The molecule has 0 fully saturated rings. The molecule has 0 aromatic heterocycles. The molecule has 20 heavy (non-hydrogen) atoms. The van der Waals surface area contributed by atoms with Crippen LogP contribution in [0.2, 0.25) is 0 Å². The van der Waals surface area contributed by atoms with Crippen LogP contribution < -0.4 is 10.1 Å². The maximum Gasteiger partial charge on any atom is 0.419 e. The maximum absolute atomic E-state index is 12.7. The summed E-state index contributed by atoms with van der Waals surface area (Å²) in [6, 6.07) is 14.6. The van der Waals surface area contributed by atoms with Gasteiger partial charge in [0.1, 0.15) is 12.4 Å². The highest BCUT2D eigenvalue weighted by Gasteiger charge is 2.33. The minimum atomic E-state index is -4.40. The van der Waals surface area contributed by atoms with E-state index >= 15 is 0 Å². The number of hydrogen-bond donors (Lipinski definition) is 1. The molecule has 0 amide bonds. The largest absolute Gasteiger partial charge is 0.491 e. The Morgan fingerprint density at radius 1 is 0.900 bits per heavy atom. The molecule has 0 radical (unpaired) electrons. The van der Waals surface area contributed by atoms with Crippen molar-refractivity contribution in [1.29, 1.82) is 0 Å². The molecule has 0 atom stereocenters. The van der Waals surface area contributed by atoms with Gasteiger partial charge in [0.05, 0.1) is 5.56 Å². The quantitative estimate of drug-likeness (QED) is 0.829. The van der Waals surface area contributed by atoms with Crippen LogP contribution in [0.15, 0.2) is 54.6 Å². The first kappa shape index (κ1) is 14.2. The molecule has 0 unspecified atom stereocenters. The number of rotatable bonds is 5. The lowest BCUT2D eigenvalue weighted by molar-refractivity contribution is -0.138. The molecule has 0 saturated heterocycles. The van der Waals surface area contributed by atoms with E-state index in [2.05, 4.69) is 5.32 Å². The van der Waals surface area contributed by atoms with E-state index in [1.54, 1.807) is 0 Å². The molecule has 106 valence electrons. The first-order valence-corrected chi connectivity index (χ1v) is 6.15. The molecule has 0 spiro atoms. The van der Waals surface area contributed by atoms with E-state index in [0.29, 0.717) is 6.54 Å². The van der Waals surface area contributed by atoms with E-state index in [-0.39, 0.29) is 12.4 Å². The van der Waals surface area contributed by atoms with Crippen LogP contribution in [0.1, 0.15) is 5.56 Å². The summed E-state index contributed by atoms with van der Waals surface area (Å²) in [5, 5.41) is 3.07. The van der Waals surface area contributed by atoms with Gasteiger partial charge in [-0.25, -0.2) is 0 Å². The van der Waals surface area contributed by atoms with Crippen LogP contribution in [-0.2, 0) is 6.18 Å². The fraction of sp³-hybridized carbons (Fsp3) is 0.200. The molecule has 2 nitrogen and oxygen atoms in total. The Morgan fingerprint density at radius 2 is 1.55 bits per heavy atom. The van der Waals surface area contributed by atoms with Crippen LogP contribution in [0.5, 0.6) is 5.75 Å². The van der Waals surface area contributed by atoms with Crippen molar-refractivity contribution in [2.75, 3.05) is 18.5 Å². The smallest absolute Gasteiger partial charge is 0.419 e. The fourth-order valence-corrected chi connectivity index (χ4v) is 1.74. The monoisotopic (exact) mass is 281 g/mol. The summed E-state index contributed by atoms with van der Waals surface area (Å²) in [5.41, 5.74) is 0.153. The summed E-state index contributed by atoms with van der Waals surface area (Å²) in [4.78, 5) is 0. The number of nitrogens with one attached hydrogen (secondary N) is 1. The molecule has 0 heterocycles. The summed E-state index contributed by atoms with van der Waals surface area (Å²) < 4.78 is 43.4. The van der Waals surface area contributed by atoms with Crippen molar-refractivity contribution in [2.24, 2.45) is 0 Å². The summed E-state index contributed by atoms with van der Waals surface area (Å²) in [6.07, 6.45) is -4.40. The van der Waals surface area contributed by atoms with Crippen molar-refractivity contribution >= 4 is 5.69 Å². The lowest BCUT2D eigenvalue weighted by atomic mass is 10.2. The Kier molecular flexibility index (Phi) is 4.50. The van der Waals surface area contributed by atoms with Crippen molar-refractivity contribution in [3.8, 4) is 5.75 Å². The lowest BCUT2D eigenvalue weighted by Crippen LogP contribution is -2.14. The first-order chi connectivity index (χ1) is 9.57. The second-order valence-corrected chi connectivity index (χ2v) is 4.14. The average Bonchev–Trinajstić information content (AvgIpc) is 2.44. The van der Waals surface area contributed by atoms with Gasteiger partial charge < -0.3 is 10.1 Å². The van der Waals surface area contributed by atoms with Gasteiger partial charge in [-0.2, -0.15) is 13.2 Å². The SMILES string of the molecule is FC(F)(F)c1ccccc1OCCNc1ccccc1. The molecule has 2 aromatic carbocycles. The molecular weight excluding hydrogens is 267 g/mol. The topological polar surface area (TPSA) is 21.3 Å². The summed E-state index contributed by atoms with van der Waals surface area (Å²) in [6.45, 7) is 0.582. The van der Waals surface area contributed by atoms with Crippen LogP contribution in [-0.4, -0.2) is 13.2 Å². The standard InChI is InChI=1S/C15H14F3NO/c16-15(17,18)13-8-4-5-9-14(13)20-11-10-19-12-6-2-1-3-7-12/h1-9,19H,10-11H2. The highest BCUT2D eigenvalue weighted by molar-refractivity contribution is 5.42. The van der Waals surface area contributed by atoms with E-state index in [1.807, 2.05) is 30.3 Å². The van der Waals surface area contributed by atoms with Gasteiger partial charge in [0, 0.05) is 12.2 Å². The number of benzene rings is 2. The van der Waals surface area contributed by atoms with Gasteiger partial charge in [0.2, 0.25) is 0 Å². The molecule has 5 heteroatoms. The number of alkyl halides is 3. The Labute approximate surface area is 115 Å². The van der Waals surface area contributed by atoms with Crippen molar-refractivity contribution in [2.45, 2.75) is 6.18 Å². The van der Waals surface area contributed by atoms with Gasteiger partial charge in [0.25, 0.3) is 0 Å². The molecule has 0 aliphatic rings. The highest BCUT2D eigenvalue weighted by atomic mass is 19.4. The number of halogens is 3. The third kappa shape index (κ3) is 3.91. The summed E-state index contributed by atoms with van der Waals surface area (Å²) in [5.74, 6) is -0.144. The second kappa shape index (κ2) is 6.32. The van der Waals surface area contributed by atoms with Crippen molar-refractivity contribution < 1.29 is 17.9 Å². The van der Waals surface area contributed by atoms with Crippen molar-refractivity contribution in [3.05, 3.63) is 60.2 Å². The predicted molar refractivity (Wildman–Crippen MR) is 71.9 cm³/mol. The Morgan fingerprint density at radius 3 is 2.25 bits per heavy atom. The Bertz CT molecular complexity index is 540. The minimum Gasteiger partial charge on any atom is -0.491 e. The Balaban J connectivity index is 1.89. The molecule has 2 rings (SSSR count). The van der Waals surface area contributed by atoms with E-state index in [1.165, 1.54) is 18.2 Å². The van der Waals surface area contributed by atoms with Gasteiger partial charge in [-0.15, -0.1) is 0 Å². The number of ether oxygens (including phenoxy) is 1.